The largest absolute Gasteiger partial charge is 0.481 e. The maximum Gasteiger partial charge on any atom is 0.326 e. The molecule has 1 amide bonds. The van der Waals surface area contributed by atoms with Crippen molar-refractivity contribution in [1.29, 1.82) is 0 Å². The van der Waals surface area contributed by atoms with Gasteiger partial charge in [-0.2, -0.15) is 0 Å². The van der Waals surface area contributed by atoms with Gasteiger partial charge in [0.1, 0.15) is 11.8 Å². The summed E-state index contributed by atoms with van der Waals surface area (Å²) in [6, 6.07) is 5.60. The Morgan fingerprint density at radius 3 is 2.54 bits per heavy atom. The SMILES string of the molecule is CC(Oc1cccc(Cl)c1)C(=O)NC(CCOC(C)(C)C)C(=O)O. The van der Waals surface area contributed by atoms with Gasteiger partial charge in [-0.05, 0) is 45.9 Å². The lowest BCUT2D eigenvalue weighted by Gasteiger charge is -2.22. The Balaban J connectivity index is 2.56. The first kappa shape index (κ1) is 20.3. The molecule has 2 unspecified atom stereocenters. The molecule has 24 heavy (non-hydrogen) atoms. The van der Waals surface area contributed by atoms with Crippen molar-refractivity contribution >= 4 is 23.5 Å². The summed E-state index contributed by atoms with van der Waals surface area (Å²) in [4.78, 5) is 23.4. The Morgan fingerprint density at radius 2 is 2.00 bits per heavy atom. The fraction of sp³-hybridized carbons (Fsp3) is 0.529. The summed E-state index contributed by atoms with van der Waals surface area (Å²) < 4.78 is 11.0. The predicted molar refractivity (Wildman–Crippen MR) is 91.4 cm³/mol. The van der Waals surface area contributed by atoms with Crippen LogP contribution in [0.25, 0.3) is 0 Å². The van der Waals surface area contributed by atoms with Crippen LogP contribution in [0.1, 0.15) is 34.1 Å². The minimum atomic E-state index is -1.11. The van der Waals surface area contributed by atoms with Gasteiger partial charge in [0.15, 0.2) is 6.10 Å². The quantitative estimate of drug-likeness (QED) is 0.747. The van der Waals surface area contributed by atoms with E-state index < -0.39 is 24.0 Å². The number of halogens is 1. The molecule has 1 aromatic rings. The van der Waals surface area contributed by atoms with E-state index in [9.17, 15) is 14.7 Å². The van der Waals surface area contributed by atoms with Gasteiger partial charge in [0.25, 0.3) is 5.91 Å². The van der Waals surface area contributed by atoms with E-state index in [1.807, 2.05) is 20.8 Å². The third kappa shape index (κ3) is 7.66. The number of nitrogens with one attached hydrogen (secondary N) is 1. The highest BCUT2D eigenvalue weighted by molar-refractivity contribution is 6.30. The smallest absolute Gasteiger partial charge is 0.326 e. The molecule has 2 atom stereocenters. The molecule has 0 aliphatic carbocycles. The average molecular weight is 358 g/mol. The number of amides is 1. The highest BCUT2D eigenvalue weighted by Crippen LogP contribution is 2.18. The molecule has 1 rings (SSSR count). The summed E-state index contributed by atoms with van der Waals surface area (Å²) in [5.74, 6) is -1.19. The van der Waals surface area contributed by atoms with Gasteiger partial charge in [0.2, 0.25) is 0 Å². The molecule has 1 aromatic carbocycles. The van der Waals surface area contributed by atoms with Crippen LogP contribution in [0.4, 0.5) is 0 Å². The minimum Gasteiger partial charge on any atom is -0.481 e. The van der Waals surface area contributed by atoms with Crippen molar-refractivity contribution in [2.45, 2.75) is 51.9 Å². The fourth-order valence-electron chi connectivity index (χ4n) is 1.83. The zero-order valence-electron chi connectivity index (χ0n) is 14.3. The first-order valence-corrected chi connectivity index (χ1v) is 8.05. The number of hydrogen-bond acceptors (Lipinski definition) is 4. The molecule has 0 aliphatic heterocycles. The highest BCUT2D eigenvalue weighted by atomic mass is 35.5. The van der Waals surface area contributed by atoms with E-state index >= 15 is 0 Å². The van der Waals surface area contributed by atoms with E-state index in [2.05, 4.69) is 5.32 Å². The van der Waals surface area contributed by atoms with Crippen LogP contribution in [0.2, 0.25) is 5.02 Å². The zero-order valence-corrected chi connectivity index (χ0v) is 15.1. The maximum absolute atomic E-state index is 12.1. The number of carbonyl (C=O) groups is 2. The summed E-state index contributed by atoms with van der Waals surface area (Å²) in [7, 11) is 0. The Bertz CT molecular complexity index is 570. The van der Waals surface area contributed by atoms with Crippen LogP contribution in [0, 0.1) is 0 Å². The van der Waals surface area contributed by atoms with Crippen LogP contribution in [-0.2, 0) is 14.3 Å². The first-order chi connectivity index (χ1) is 11.1. The van der Waals surface area contributed by atoms with E-state index in [1.165, 1.54) is 0 Å². The third-order valence-electron chi connectivity index (χ3n) is 3.03. The molecule has 0 spiro atoms. The molecular formula is C17H24ClNO5. The second kappa shape index (κ2) is 8.89. The lowest BCUT2D eigenvalue weighted by Crippen LogP contribution is -2.47. The summed E-state index contributed by atoms with van der Waals surface area (Å²) in [6.45, 7) is 7.40. The van der Waals surface area contributed by atoms with Crippen molar-refractivity contribution in [3.63, 3.8) is 0 Å². The number of carboxylic acids is 1. The van der Waals surface area contributed by atoms with Crippen LogP contribution >= 0.6 is 11.6 Å². The van der Waals surface area contributed by atoms with E-state index in [0.717, 1.165) is 0 Å². The van der Waals surface area contributed by atoms with Gasteiger partial charge in [0.05, 0.1) is 5.60 Å². The zero-order chi connectivity index (χ0) is 18.3. The second-order valence-electron chi connectivity index (χ2n) is 6.37. The molecule has 0 aromatic heterocycles. The van der Waals surface area contributed by atoms with Crippen molar-refractivity contribution in [2.24, 2.45) is 0 Å². The Morgan fingerprint density at radius 1 is 1.33 bits per heavy atom. The molecular weight excluding hydrogens is 334 g/mol. The second-order valence-corrected chi connectivity index (χ2v) is 6.80. The molecule has 6 nitrogen and oxygen atoms in total. The molecule has 0 bridgehead atoms. The van der Waals surface area contributed by atoms with Crippen molar-refractivity contribution in [3.8, 4) is 5.75 Å². The standard InChI is InChI=1S/C17H24ClNO5/c1-11(24-13-7-5-6-12(18)10-13)15(20)19-14(16(21)22)8-9-23-17(2,3)4/h5-7,10-11,14H,8-9H2,1-4H3,(H,19,20)(H,21,22). The molecule has 0 heterocycles. The maximum atomic E-state index is 12.1. The van der Waals surface area contributed by atoms with Crippen molar-refractivity contribution in [3.05, 3.63) is 29.3 Å². The summed E-state index contributed by atoms with van der Waals surface area (Å²) >= 11 is 5.86. The van der Waals surface area contributed by atoms with Crippen LogP contribution in [0.15, 0.2) is 24.3 Å². The Hall–Kier alpha value is -1.79. The number of ether oxygens (including phenoxy) is 2. The Labute approximate surface area is 147 Å². The van der Waals surface area contributed by atoms with Gasteiger partial charge in [-0.25, -0.2) is 4.79 Å². The molecule has 0 saturated heterocycles. The van der Waals surface area contributed by atoms with Crippen LogP contribution in [0.3, 0.4) is 0 Å². The van der Waals surface area contributed by atoms with Crippen molar-refractivity contribution in [2.75, 3.05) is 6.61 Å². The summed E-state index contributed by atoms with van der Waals surface area (Å²) in [5, 5.41) is 12.2. The topological polar surface area (TPSA) is 84.9 Å². The molecule has 0 saturated carbocycles. The number of benzene rings is 1. The average Bonchev–Trinajstić information content (AvgIpc) is 2.44. The van der Waals surface area contributed by atoms with Gasteiger partial charge in [-0.1, -0.05) is 17.7 Å². The van der Waals surface area contributed by atoms with Gasteiger partial charge in [-0.3, -0.25) is 4.79 Å². The summed E-state index contributed by atoms with van der Waals surface area (Å²) in [5.41, 5.74) is -0.365. The van der Waals surface area contributed by atoms with Gasteiger partial charge < -0.3 is 19.9 Å². The lowest BCUT2D eigenvalue weighted by molar-refractivity contribution is -0.143. The van der Waals surface area contributed by atoms with Gasteiger partial charge in [-0.15, -0.1) is 0 Å². The molecule has 2 N–H and O–H groups in total. The lowest BCUT2D eigenvalue weighted by atomic mass is 10.1. The van der Waals surface area contributed by atoms with E-state index in [4.69, 9.17) is 21.1 Å². The van der Waals surface area contributed by atoms with E-state index in [-0.39, 0.29) is 18.6 Å². The van der Waals surface area contributed by atoms with E-state index in [0.29, 0.717) is 10.8 Å². The Kier molecular flexibility index (Phi) is 7.51. The molecule has 0 radical (unpaired) electrons. The van der Waals surface area contributed by atoms with Crippen molar-refractivity contribution < 1.29 is 24.2 Å². The number of hydrogen-bond donors (Lipinski definition) is 2. The van der Waals surface area contributed by atoms with Gasteiger partial charge >= 0.3 is 5.97 Å². The van der Waals surface area contributed by atoms with Crippen molar-refractivity contribution in [1.82, 2.24) is 5.32 Å². The fourth-order valence-corrected chi connectivity index (χ4v) is 2.01. The minimum absolute atomic E-state index is 0.169. The first-order valence-electron chi connectivity index (χ1n) is 7.68. The predicted octanol–water partition coefficient (Wildman–Crippen LogP) is 2.88. The van der Waals surface area contributed by atoms with Crippen LogP contribution in [-0.4, -0.2) is 41.3 Å². The molecule has 0 aliphatic rings. The molecule has 0 fully saturated rings. The molecule has 7 heteroatoms. The monoisotopic (exact) mass is 357 g/mol. The normalized spacial score (nSPS) is 13.9. The van der Waals surface area contributed by atoms with Crippen LogP contribution in [0.5, 0.6) is 5.75 Å². The number of aliphatic carboxylic acids is 1. The number of carboxylic acid groups (broad SMARTS) is 1. The van der Waals surface area contributed by atoms with Crippen LogP contribution < -0.4 is 10.1 Å². The third-order valence-corrected chi connectivity index (χ3v) is 3.27. The highest BCUT2D eigenvalue weighted by Gasteiger charge is 2.24. The van der Waals surface area contributed by atoms with Gasteiger partial charge in [0, 0.05) is 18.1 Å². The summed E-state index contributed by atoms with van der Waals surface area (Å²) in [6.07, 6.45) is -0.684. The molecule has 134 valence electrons. The number of carbonyl (C=O) groups excluding carboxylic acids is 1. The van der Waals surface area contributed by atoms with E-state index in [1.54, 1.807) is 31.2 Å². The number of rotatable bonds is 8.